The third-order valence-electron chi connectivity index (χ3n) is 3.11. The van der Waals surface area contributed by atoms with Crippen molar-refractivity contribution < 1.29 is 34.1 Å². The molecular formula is C17H20O7. The molecule has 0 radical (unpaired) electrons. The van der Waals surface area contributed by atoms with Crippen molar-refractivity contribution in [3.8, 4) is 0 Å². The summed E-state index contributed by atoms with van der Waals surface area (Å²) >= 11 is 0. The Morgan fingerprint density at radius 3 is 2.29 bits per heavy atom. The third-order valence-corrected chi connectivity index (χ3v) is 3.11. The average Bonchev–Trinajstić information content (AvgIpc) is 2.52. The summed E-state index contributed by atoms with van der Waals surface area (Å²) in [5, 5.41) is 19.2. The molecule has 0 fully saturated rings. The summed E-state index contributed by atoms with van der Waals surface area (Å²) in [4.78, 5) is 34.3. The molecule has 0 heterocycles. The number of carbonyl (C=O) groups is 3. The van der Waals surface area contributed by atoms with Crippen molar-refractivity contribution in [1.29, 1.82) is 0 Å². The second-order valence-electron chi connectivity index (χ2n) is 5.59. The fraction of sp³-hybridized carbons (Fsp3) is 0.353. The van der Waals surface area contributed by atoms with Crippen LogP contribution >= 0.6 is 0 Å². The fourth-order valence-electron chi connectivity index (χ4n) is 1.71. The van der Waals surface area contributed by atoms with E-state index < -0.39 is 23.5 Å². The number of rotatable bonds is 8. The third kappa shape index (κ3) is 5.85. The molecule has 7 nitrogen and oxygen atoms in total. The maximum absolute atomic E-state index is 12.0. The Labute approximate surface area is 139 Å². The van der Waals surface area contributed by atoms with Gasteiger partial charge in [0.25, 0.3) is 0 Å². The fourth-order valence-corrected chi connectivity index (χ4v) is 1.71. The zero-order valence-corrected chi connectivity index (χ0v) is 13.6. The summed E-state index contributed by atoms with van der Waals surface area (Å²) in [6.07, 6.45) is 0.0415. The maximum Gasteiger partial charge on any atom is 0.339 e. The number of hydrogen-bond donors (Lipinski definition) is 2. The molecule has 0 aliphatic heterocycles. The van der Waals surface area contributed by atoms with E-state index in [1.54, 1.807) is 0 Å². The van der Waals surface area contributed by atoms with E-state index in [1.807, 2.05) is 0 Å². The van der Waals surface area contributed by atoms with Crippen LogP contribution in [-0.4, -0.2) is 46.9 Å². The number of aliphatic hydroxyl groups is 1. The molecule has 2 N–H and O–H groups in total. The van der Waals surface area contributed by atoms with Crippen LogP contribution in [0.3, 0.4) is 0 Å². The molecule has 0 amide bonds. The highest BCUT2D eigenvalue weighted by molar-refractivity contribution is 6.02. The topological polar surface area (TPSA) is 110 Å². The smallest absolute Gasteiger partial charge is 0.339 e. The predicted molar refractivity (Wildman–Crippen MR) is 84.7 cm³/mol. The zero-order valence-electron chi connectivity index (χ0n) is 13.6. The second-order valence-corrected chi connectivity index (χ2v) is 5.59. The van der Waals surface area contributed by atoms with Gasteiger partial charge in [-0.3, -0.25) is 0 Å². The Morgan fingerprint density at radius 1 is 1.17 bits per heavy atom. The Balaban J connectivity index is 2.58. The minimum atomic E-state index is -1.43. The highest BCUT2D eigenvalue weighted by Crippen LogP contribution is 2.14. The molecule has 0 aliphatic rings. The molecular weight excluding hydrogens is 316 g/mol. The van der Waals surface area contributed by atoms with Gasteiger partial charge < -0.3 is 19.7 Å². The number of hydrogen-bond acceptors (Lipinski definition) is 6. The average molecular weight is 336 g/mol. The van der Waals surface area contributed by atoms with Gasteiger partial charge in [-0.1, -0.05) is 18.7 Å². The van der Waals surface area contributed by atoms with Crippen molar-refractivity contribution >= 4 is 17.9 Å². The van der Waals surface area contributed by atoms with Crippen molar-refractivity contribution in [2.24, 2.45) is 0 Å². The largest absolute Gasteiger partial charge is 0.478 e. The van der Waals surface area contributed by atoms with Crippen LogP contribution in [0.25, 0.3) is 0 Å². The summed E-state index contributed by atoms with van der Waals surface area (Å²) in [5.41, 5.74) is -1.47. The Kier molecular flexibility index (Phi) is 6.67. The van der Waals surface area contributed by atoms with Crippen molar-refractivity contribution in [3.05, 3.63) is 47.5 Å². The normalized spacial score (nSPS) is 12.8. The molecule has 1 unspecified atom stereocenters. The first-order valence-corrected chi connectivity index (χ1v) is 7.18. The summed E-state index contributed by atoms with van der Waals surface area (Å²) in [5.74, 6) is -2.67. The molecule has 0 saturated carbocycles. The predicted octanol–water partition coefficient (Wildman–Crippen LogP) is 1.80. The highest BCUT2D eigenvalue weighted by Gasteiger charge is 2.25. The summed E-state index contributed by atoms with van der Waals surface area (Å²) in [7, 11) is 0. The minimum absolute atomic E-state index is 0.0415. The van der Waals surface area contributed by atoms with Gasteiger partial charge in [0.1, 0.15) is 6.61 Å². The van der Waals surface area contributed by atoms with Crippen LogP contribution in [-0.2, 0) is 14.3 Å². The minimum Gasteiger partial charge on any atom is -0.478 e. The quantitative estimate of drug-likeness (QED) is 0.550. The van der Waals surface area contributed by atoms with Gasteiger partial charge in [0.2, 0.25) is 0 Å². The van der Waals surface area contributed by atoms with Gasteiger partial charge in [-0.2, -0.15) is 0 Å². The molecule has 1 rings (SSSR count). The van der Waals surface area contributed by atoms with Gasteiger partial charge in [-0.05, 0) is 26.0 Å². The van der Waals surface area contributed by atoms with Crippen LogP contribution < -0.4 is 0 Å². The number of ether oxygens (including phenoxy) is 2. The van der Waals surface area contributed by atoms with Crippen molar-refractivity contribution in [3.63, 3.8) is 0 Å². The van der Waals surface area contributed by atoms with Crippen LogP contribution in [0.15, 0.2) is 36.4 Å². The molecule has 0 bridgehead atoms. The van der Waals surface area contributed by atoms with Gasteiger partial charge in [0.05, 0.1) is 23.3 Å². The standard InChI is InChI=1S/C17H20O7/c1-11(2)15(20)23-9-8-17(3,22)10-24-16(21)13-7-5-4-6-12(13)14(18)19/h4-7,22H,1,8-10H2,2-3H3,(H,18,19). The number of benzene rings is 1. The van der Waals surface area contributed by atoms with E-state index in [0.29, 0.717) is 0 Å². The number of carboxylic acids is 1. The first-order valence-electron chi connectivity index (χ1n) is 7.18. The molecule has 0 aromatic heterocycles. The first kappa shape index (κ1) is 19.4. The molecule has 0 saturated heterocycles. The molecule has 0 aliphatic carbocycles. The van der Waals surface area contributed by atoms with Crippen LogP contribution in [0.2, 0.25) is 0 Å². The number of aromatic carboxylic acids is 1. The SMILES string of the molecule is C=C(C)C(=O)OCCC(C)(O)COC(=O)c1ccccc1C(=O)O. The van der Waals surface area contributed by atoms with E-state index in [-0.39, 0.29) is 36.3 Å². The zero-order chi connectivity index (χ0) is 18.3. The lowest BCUT2D eigenvalue weighted by Crippen LogP contribution is -2.34. The molecule has 7 heteroatoms. The highest BCUT2D eigenvalue weighted by atomic mass is 16.5. The number of esters is 2. The van der Waals surface area contributed by atoms with Gasteiger partial charge >= 0.3 is 17.9 Å². The molecule has 1 aromatic carbocycles. The summed E-state index contributed by atoms with van der Waals surface area (Å²) < 4.78 is 9.84. The first-order chi connectivity index (χ1) is 11.1. The van der Waals surface area contributed by atoms with Crippen LogP contribution in [0.1, 0.15) is 41.0 Å². The van der Waals surface area contributed by atoms with Crippen LogP contribution in [0.4, 0.5) is 0 Å². The lowest BCUT2D eigenvalue weighted by Gasteiger charge is -2.22. The maximum atomic E-state index is 12.0. The molecule has 24 heavy (non-hydrogen) atoms. The Hall–Kier alpha value is -2.67. The van der Waals surface area contributed by atoms with E-state index in [1.165, 1.54) is 38.1 Å². The van der Waals surface area contributed by atoms with Gasteiger partial charge in [0, 0.05) is 12.0 Å². The van der Waals surface area contributed by atoms with Gasteiger partial charge in [-0.15, -0.1) is 0 Å². The van der Waals surface area contributed by atoms with E-state index in [0.717, 1.165) is 0 Å². The van der Waals surface area contributed by atoms with Gasteiger partial charge in [-0.25, -0.2) is 14.4 Å². The van der Waals surface area contributed by atoms with E-state index >= 15 is 0 Å². The van der Waals surface area contributed by atoms with Gasteiger partial charge in [0.15, 0.2) is 0 Å². The molecule has 1 atom stereocenters. The molecule has 0 spiro atoms. The monoisotopic (exact) mass is 336 g/mol. The van der Waals surface area contributed by atoms with Crippen LogP contribution in [0.5, 0.6) is 0 Å². The molecule has 130 valence electrons. The Bertz CT molecular complexity index is 646. The summed E-state index contributed by atoms with van der Waals surface area (Å²) in [6, 6.07) is 5.62. The van der Waals surface area contributed by atoms with Crippen molar-refractivity contribution in [2.75, 3.05) is 13.2 Å². The van der Waals surface area contributed by atoms with Crippen molar-refractivity contribution in [2.45, 2.75) is 25.9 Å². The second kappa shape index (κ2) is 8.26. The van der Waals surface area contributed by atoms with E-state index in [2.05, 4.69) is 6.58 Å². The molecule has 1 aromatic rings. The number of carbonyl (C=O) groups excluding carboxylic acids is 2. The lowest BCUT2D eigenvalue weighted by atomic mass is 10.0. The van der Waals surface area contributed by atoms with Crippen molar-refractivity contribution in [1.82, 2.24) is 0 Å². The van der Waals surface area contributed by atoms with E-state index in [4.69, 9.17) is 14.6 Å². The summed E-state index contributed by atoms with van der Waals surface area (Å²) in [6.45, 7) is 5.91. The van der Waals surface area contributed by atoms with Crippen LogP contribution in [0, 0.1) is 0 Å². The van der Waals surface area contributed by atoms with E-state index in [9.17, 15) is 19.5 Å². The number of carboxylic acid groups (broad SMARTS) is 1. The lowest BCUT2D eigenvalue weighted by molar-refractivity contribution is -0.140. The Morgan fingerprint density at radius 2 is 1.75 bits per heavy atom.